The molecule has 0 bridgehead atoms. The molecule has 3 rings (SSSR count). The molecular weight excluding hydrogens is 324 g/mol. The summed E-state index contributed by atoms with van der Waals surface area (Å²) in [5.74, 6) is 0.456. The Morgan fingerprint density at radius 2 is 1.62 bits per heavy atom. The standard InChI is InChI=1S/C22H24N2O2/c1-24(2)20(16-9-5-4-6-10-16)15-23-22(25)19-13-17-11-7-8-12-18(17)14-21(19)26-3/h4-14,20H,15H2,1-3H3,(H,23,25). The number of ether oxygens (including phenoxy) is 1. The van der Waals surface area contributed by atoms with E-state index in [0.717, 1.165) is 10.8 Å². The third-order valence-electron chi connectivity index (χ3n) is 4.58. The van der Waals surface area contributed by atoms with Gasteiger partial charge in [0.1, 0.15) is 5.75 Å². The van der Waals surface area contributed by atoms with Crippen LogP contribution in [-0.4, -0.2) is 38.6 Å². The van der Waals surface area contributed by atoms with E-state index in [1.54, 1.807) is 7.11 Å². The summed E-state index contributed by atoms with van der Waals surface area (Å²) in [6.07, 6.45) is 0. The molecule has 4 heteroatoms. The number of benzene rings is 3. The fourth-order valence-corrected chi connectivity index (χ4v) is 3.12. The quantitative estimate of drug-likeness (QED) is 0.735. The maximum atomic E-state index is 12.8. The third kappa shape index (κ3) is 3.86. The van der Waals surface area contributed by atoms with E-state index in [-0.39, 0.29) is 11.9 Å². The Labute approximate surface area is 154 Å². The van der Waals surface area contributed by atoms with Gasteiger partial charge in [-0.05, 0) is 42.6 Å². The van der Waals surface area contributed by atoms with Gasteiger partial charge in [0, 0.05) is 6.54 Å². The number of nitrogens with one attached hydrogen (secondary N) is 1. The number of hydrogen-bond acceptors (Lipinski definition) is 3. The second kappa shape index (κ2) is 8.02. The van der Waals surface area contributed by atoms with Gasteiger partial charge in [-0.25, -0.2) is 0 Å². The maximum Gasteiger partial charge on any atom is 0.255 e. The number of amides is 1. The molecule has 0 fully saturated rings. The van der Waals surface area contributed by atoms with Crippen LogP contribution in [0.15, 0.2) is 66.7 Å². The van der Waals surface area contributed by atoms with Crippen molar-refractivity contribution in [2.45, 2.75) is 6.04 Å². The van der Waals surface area contributed by atoms with Crippen LogP contribution in [-0.2, 0) is 0 Å². The lowest BCUT2D eigenvalue weighted by atomic mass is 10.0. The molecule has 0 aliphatic carbocycles. The molecule has 3 aromatic carbocycles. The Morgan fingerprint density at radius 1 is 1.00 bits per heavy atom. The Hall–Kier alpha value is -2.85. The minimum Gasteiger partial charge on any atom is -0.496 e. The normalized spacial score (nSPS) is 12.2. The van der Waals surface area contributed by atoms with Crippen LogP contribution in [0, 0.1) is 0 Å². The minimum atomic E-state index is -0.129. The summed E-state index contributed by atoms with van der Waals surface area (Å²) < 4.78 is 5.44. The molecule has 0 spiro atoms. The SMILES string of the molecule is COc1cc2ccccc2cc1C(=O)NCC(c1ccccc1)N(C)C. The van der Waals surface area contributed by atoms with E-state index < -0.39 is 0 Å². The number of likely N-dealkylation sites (N-methyl/N-ethyl adjacent to an activating group) is 1. The average Bonchev–Trinajstić information content (AvgIpc) is 2.67. The molecule has 26 heavy (non-hydrogen) atoms. The van der Waals surface area contributed by atoms with Gasteiger partial charge in [0.2, 0.25) is 0 Å². The largest absolute Gasteiger partial charge is 0.496 e. The average molecular weight is 348 g/mol. The van der Waals surface area contributed by atoms with Crippen LogP contribution >= 0.6 is 0 Å². The van der Waals surface area contributed by atoms with Crippen molar-refractivity contribution in [1.29, 1.82) is 0 Å². The molecule has 3 aromatic rings. The summed E-state index contributed by atoms with van der Waals surface area (Å²) in [5, 5.41) is 5.13. The first-order valence-electron chi connectivity index (χ1n) is 8.66. The van der Waals surface area contributed by atoms with Gasteiger partial charge in [-0.15, -0.1) is 0 Å². The highest BCUT2D eigenvalue weighted by molar-refractivity contribution is 6.01. The number of carbonyl (C=O) groups excluding carboxylic acids is 1. The van der Waals surface area contributed by atoms with E-state index in [2.05, 4.69) is 22.3 Å². The fraction of sp³-hybridized carbons (Fsp3) is 0.227. The van der Waals surface area contributed by atoms with Crippen molar-refractivity contribution in [2.24, 2.45) is 0 Å². The highest BCUT2D eigenvalue weighted by atomic mass is 16.5. The smallest absolute Gasteiger partial charge is 0.255 e. The molecule has 1 amide bonds. The first-order chi connectivity index (χ1) is 12.6. The van der Waals surface area contributed by atoms with Crippen molar-refractivity contribution in [3.63, 3.8) is 0 Å². The molecule has 0 radical (unpaired) electrons. The zero-order valence-electron chi connectivity index (χ0n) is 15.4. The van der Waals surface area contributed by atoms with Crippen molar-refractivity contribution < 1.29 is 9.53 Å². The number of fused-ring (bicyclic) bond motifs is 1. The molecule has 0 aromatic heterocycles. The lowest BCUT2D eigenvalue weighted by molar-refractivity contribution is 0.0939. The number of carbonyl (C=O) groups is 1. The van der Waals surface area contributed by atoms with Crippen LogP contribution in [0.25, 0.3) is 10.8 Å². The zero-order chi connectivity index (χ0) is 18.5. The summed E-state index contributed by atoms with van der Waals surface area (Å²) in [6, 6.07) is 22.0. The van der Waals surface area contributed by atoms with E-state index in [1.807, 2.05) is 68.7 Å². The van der Waals surface area contributed by atoms with Crippen molar-refractivity contribution in [3.8, 4) is 5.75 Å². The minimum absolute atomic E-state index is 0.103. The molecule has 0 heterocycles. The predicted molar refractivity (Wildman–Crippen MR) is 106 cm³/mol. The fourth-order valence-electron chi connectivity index (χ4n) is 3.12. The summed E-state index contributed by atoms with van der Waals surface area (Å²) in [7, 11) is 5.62. The van der Waals surface area contributed by atoms with Gasteiger partial charge in [0.05, 0.1) is 18.7 Å². The number of nitrogens with zero attached hydrogens (tertiary/aromatic N) is 1. The van der Waals surface area contributed by atoms with Gasteiger partial charge >= 0.3 is 0 Å². The molecule has 0 saturated carbocycles. The molecule has 4 nitrogen and oxygen atoms in total. The van der Waals surface area contributed by atoms with Crippen LogP contribution in [0.5, 0.6) is 5.75 Å². The highest BCUT2D eigenvalue weighted by Gasteiger charge is 2.18. The Morgan fingerprint density at radius 3 is 2.23 bits per heavy atom. The van der Waals surface area contributed by atoms with Crippen molar-refractivity contribution >= 4 is 16.7 Å². The van der Waals surface area contributed by atoms with Crippen molar-refractivity contribution in [2.75, 3.05) is 27.7 Å². The molecule has 1 unspecified atom stereocenters. The summed E-state index contributed by atoms with van der Waals surface area (Å²) in [5.41, 5.74) is 1.72. The van der Waals surface area contributed by atoms with Gasteiger partial charge in [-0.2, -0.15) is 0 Å². The molecule has 1 N–H and O–H groups in total. The molecule has 1 atom stereocenters. The van der Waals surface area contributed by atoms with Gasteiger partial charge in [-0.3, -0.25) is 4.79 Å². The van der Waals surface area contributed by atoms with Crippen LogP contribution in [0.3, 0.4) is 0 Å². The lowest BCUT2D eigenvalue weighted by Crippen LogP contribution is -2.34. The van der Waals surface area contributed by atoms with Crippen LogP contribution in [0.2, 0.25) is 0 Å². The number of hydrogen-bond donors (Lipinski definition) is 1. The van der Waals surface area contributed by atoms with E-state index in [4.69, 9.17) is 4.74 Å². The highest BCUT2D eigenvalue weighted by Crippen LogP contribution is 2.26. The molecule has 0 aliphatic heterocycles. The monoisotopic (exact) mass is 348 g/mol. The van der Waals surface area contributed by atoms with Gasteiger partial charge in [-0.1, -0.05) is 54.6 Å². The Bertz CT molecular complexity index is 891. The summed E-state index contributed by atoms with van der Waals surface area (Å²) in [4.78, 5) is 14.9. The van der Waals surface area contributed by atoms with Crippen LogP contribution < -0.4 is 10.1 Å². The van der Waals surface area contributed by atoms with Gasteiger partial charge in [0.15, 0.2) is 0 Å². The topological polar surface area (TPSA) is 41.6 Å². The first-order valence-corrected chi connectivity index (χ1v) is 8.66. The van der Waals surface area contributed by atoms with Gasteiger partial charge in [0.25, 0.3) is 5.91 Å². The van der Waals surface area contributed by atoms with Crippen LogP contribution in [0.1, 0.15) is 22.0 Å². The van der Waals surface area contributed by atoms with Crippen molar-refractivity contribution in [1.82, 2.24) is 10.2 Å². The van der Waals surface area contributed by atoms with Crippen molar-refractivity contribution in [3.05, 3.63) is 77.9 Å². The molecule has 134 valence electrons. The van der Waals surface area contributed by atoms with E-state index in [0.29, 0.717) is 17.9 Å². The third-order valence-corrected chi connectivity index (χ3v) is 4.58. The molecule has 0 saturated heterocycles. The maximum absolute atomic E-state index is 12.8. The lowest BCUT2D eigenvalue weighted by Gasteiger charge is -2.25. The summed E-state index contributed by atoms with van der Waals surface area (Å²) >= 11 is 0. The predicted octanol–water partition coefficient (Wildman–Crippen LogP) is 3.88. The number of methoxy groups -OCH3 is 1. The van der Waals surface area contributed by atoms with E-state index >= 15 is 0 Å². The second-order valence-corrected chi connectivity index (χ2v) is 6.50. The van der Waals surface area contributed by atoms with Gasteiger partial charge < -0.3 is 15.0 Å². The number of rotatable bonds is 6. The summed E-state index contributed by atoms with van der Waals surface area (Å²) in [6.45, 7) is 0.520. The van der Waals surface area contributed by atoms with E-state index in [1.165, 1.54) is 5.56 Å². The molecular formula is C22H24N2O2. The Balaban J connectivity index is 1.82. The molecule has 0 aliphatic rings. The Kier molecular flexibility index (Phi) is 5.54. The second-order valence-electron chi connectivity index (χ2n) is 6.50. The van der Waals surface area contributed by atoms with E-state index in [9.17, 15) is 4.79 Å². The zero-order valence-corrected chi connectivity index (χ0v) is 15.4. The first kappa shape index (κ1) is 18.0. The van der Waals surface area contributed by atoms with Crippen LogP contribution in [0.4, 0.5) is 0 Å².